The first-order chi connectivity index (χ1) is 9.75. The summed E-state index contributed by atoms with van der Waals surface area (Å²) in [5.41, 5.74) is 0.834. The highest BCUT2D eigenvalue weighted by molar-refractivity contribution is 5.95. The highest BCUT2D eigenvalue weighted by Crippen LogP contribution is 2.32. The number of hydrogen-bond donors (Lipinski definition) is 0. The van der Waals surface area contributed by atoms with Crippen LogP contribution < -0.4 is 9.64 Å². The lowest BCUT2D eigenvalue weighted by Gasteiger charge is -2.23. The third-order valence-electron chi connectivity index (χ3n) is 4.16. The zero-order valence-electron chi connectivity index (χ0n) is 11.5. The van der Waals surface area contributed by atoms with Gasteiger partial charge in [0.05, 0.1) is 18.7 Å². The van der Waals surface area contributed by atoms with Crippen molar-refractivity contribution >= 4 is 17.4 Å². The highest BCUT2D eigenvalue weighted by Gasteiger charge is 2.28. The highest BCUT2D eigenvalue weighted by atomic mass is 16.5. The fourth-order valence-electron chi connectivity index (χ4n) is 3.04. The molecule has 4 heteroatoms. The smallest absolute Gasteiger partial charge is 0.230 e. The van der Waals surface area contributed by atoms with Crippen molar-refractivity contribution in [3.05, 3.63) is 24.3 Å². The molecule has 2 aliphatic rings. The SMILES string of the molecule is O=C1CCCC1CCN1C(=O)CCOc2ccccc21. The van der Waals surface area contributed by atoms with Gasteiger partial charge in [0.2, 0.25) is 5.91 Å². The van der Waals surface area contributed by atoms with Crippen LogP contribution in [0.1, 0.15) is 32.1 Å². The molecule has 1 atom stereocenters. The molecule has 1 saturated carbocycles. The lowest BCUT2D eigenvalue weighted by molar-refractivity contribution is -0.121. The van der Waals surface area contributed by atoms with E-state index in [0.717, 1.165) is 30.7 Å². The third-order valence-corrected chi connectivity index (χ3v) is 4.16. The molecule has 1 amide bonds. The number of carbonyl (C=O) groups is 2. The Morgan fingerprint density at radius 3 is 2.85 bits per heavy atom. The fraction of sp³-hybridized carbons (Fsp3) is 0.500. The van der Waals surface area contributed by atoms with Gasteiger partial charge in [0, 0.05) is 18.9 Å². The number of anilines is 1. The van der Waals surface area contributed by atoms with E-state index in [1.807, 2.05) is 24.3 Å². The predicted octanol–water partition coefficient (Wildman–Crippen LogP) is 2.56. The molecule has 0 radical (unpaired) electrons. The number of para-hydroxylation sites is 2. The van der Waals surface area contributed by atoms with Gasteiger partial charge < -0.3 is 9.64 Å². The summed E-state index contributed by atoms with van der Waals surface area (Å²) in [5.74, 6) is 1.34. The Morgan fingerprint density at radius 1 is 1.20 bits per heavy atom. The molecule has 1 unspecified atom stereocenters. The van der Waals surface area contributed by atoms with Gasteiger partial charge in [0.25, 0.3) is 0 Å². The molecule has 0 bridgehead atoms. The molecule has 0 N–H and O–H groups in total. The monoisotopic (exact) mass is 273 g/mol. The van der Waals surface area contributed by atoms with Gasteiger partial charge in [-0.05, 0) is 31.4 Å². The van der Waals surface area contributed by atoms with E-state index in [1.165, 1.54) is 0 Å². The summed E-state index contributed by atoms with van der Waals surface area (Å²) >= 11 is 0. The molecule has 1 aromatic rings. The molecule has 1 fully saturated rings. The van der Waals surface area contributed by atoms with Gasteiger partial charge in [-0.1, -0.05) is 12.1 Å². The molecule has 0 saturated heterocycles. The quantitative estimate of drug-likeness (QED) is 0.850. The summed E-state index contributed by atoms with van der Waals surface area (Å²) in [4.78, 5) is 25.7. The number of benzene rings is 1. The van der Waals surface area contributed by atoms with Crippen molar-refractivity contribution in [2.45, 2.75) is 32.1 Å². The second-order valence-electron chi connectivity index (χ2n) is 5.46. The van der Waals surface area contributed by atoms with Crippen LogP contribution in [0.4, 0.5) is 5.69 Å². The standard InChI is InChI=1S/C16H19NO3/c18-14-6-3-4-12(14)8-10-17-13-5-1-2-7-15(13)20-11-9-16(17)19/h1-2,5,7,12H,3-4,6,8-11H2. The van der Waals surface area contributed by atoms with E-state index in [9.17, 15) is 9.59 Å². The summed E-state index contributed by atoms with van der Waals surface area (Å²) in [7, 11) is 0. The number of nitrogens with zero attached hydrogens (tertiary/aromatic N) is 1. The number of rotatable bonds is 3. The Morgan fingerprint density at radius 2 is 2.05 bits per heavy atom. The number of hydrogen-bond acceptors (Lipinski definition) is 3. The second-order valence-corrected chi connectivity index (χ2v) is 5.46. The van der Waals surface area contributed by atoms with E-state index < -0.39 is 0 Å². The van der Waals surface area contributed by atoms with Crippen LogP contribution in [-0.4, -0.2) is 24.8 Å². The van der Waals surface area contributed by atoms with Crippen LogP contribution in [-0.2, 0) is 9.59 Å². The summed E-state index contributed by atoms with van der Waals surface area (Å²) < 4.78 is 5.61. The first kappa shape index (κ1) is 13.2. The number of carbonyl (C=O) groups excluding carboxylic acids is 2. The molecule has 4 nitrogen and oxygen atoms in total. The van der Waals surface area contributed by atoms with Crippen molar-refractivity contribution in [2.75, 3.05) is 18.1 Å². The zero-order valence-corrected chi connectivity index (χ0v) is 11.5. The Bertz CT molecular complexity index is 526. The lowest BCUT2D eigenvalue weighted by atomic mass is 10.0. The minimum Gasteiger partial charge on any atom is -0.491 e. The maximum Gasteiger partial charge on any atom is 0.230 e. The Kier molecular flexibility index (Phi) is 3.72. The summed E-state index contributed by atoms with van der Waals surface area (Å²) in [5, 5.41) is 0. The van der Waals surface area contributed by atoms with Gasteiger partial charge in [-0.2, -0.15) is 0 Å². The van der Waals surface area contributed by atoms with Gasteiger partial charge in [-0.25, -0.2) is 0 Å². The number of fused-ring (bicyclic) bond motifs is 1. The van der Waals surface area contributed by atoms with Crippen LogP contribution in [0.5, 0.6) is 5.75 Å². The minimum absolute atomic E-state index is 0.0837. The van der Waals surface area contributed by atoms with E-state index >= 15 is 0 Å². The Balaban J connectivity index is 1.76. The van der Waals surface area contributed by atoms with Crippen LogP contribution >= 0.6 is 0 Å². The number of Topliss-reactive ketones (excluding diaryl/α,β-unsaturated/α-hetero) is 1. The minimum atomic E-state index is 0.0837. The van der Waals surface area contributed by atoms with Crippen LogP contribution in [0.25, 0.3) is 0 Å². The number of ketones is 1. The van der Waals surface area contributed by atoms with Crippen molar-refractivity contribution in [3.8, 4) is 5.75 Å². The first-order valence-electron chi connectivity index (χ1n) is 7.30. The molecule has 3 rings (SSSR count). The van der Waals surface area contributed by atoms with Crippen molar-refractivity contribution < 1.29 is 14.3 Å². The molecular weight excluding hydrogens is 254 g/mol. The van der Waals surface area contributed by atoms with Crippen molar-refractivity contribution in [1.82, 2.24) is 0 Å². The Labute approximate surface area is 118 Å². The number of ether oxygens (including phenoxy) is 1. The molecule has 1 aliphatic carbocycles. The fourth-order valence-corrected chi connectivity index (χ4v) is 3.04. The van der Waals surface area contributed by atoms with Gasteiger partial charge in [-0.3, -0.25) is 9.59 Å². The van der Waals surface area contributed by atoms with E-state index in [1.54, 1.807) is 4.90 Å². The normalized spacial score (nSPS) is 22.4. The van der Waals surface area contributed by atoms with Crippen molar-refractivity contribution in [2.24, 2.45) is 5.92 Å². The summed E-state index contributed by atoms with van der Waals surface area (Å²) in [6, 6.07) is 7.62. The molecule has 1 aliphatic heterocycles. The van der Waals surface area contributed by atoms with Gasteiger partial charge in [0.15, 0.2) is 0 Å². The van der Waals surface area contributed by atoms with E-state index in [2.05, 4.69) is 0 Å². The topological polar surface area (TPSA) is 46.6 Å². The van der Waals surface area contributed by atoms with Gasteiger partial charge >= 0.3 is 0 Å². The second kappa shape index (κ2) is 5.65. The average Bonchev–Trinajstić information content (AvgIpc) is 2.78. The van der Waals surface area contributed by atoms with Gasteiger partial charge in [-0.15, -0.1) is 0 Å². The van der Waals surface area contributed by atoms with Crippen LogP contribution in [0, 0.1) is 5.92 Å². The summed E-state index contributed by atoms with van der Waals surface area (Å²) in [6.07, 6.45) is 3.83. The molecule has 0 aromatic heterocycles. The third kappa shape index (κ3) is 2.55. The van der Waals surface area contributed by atoms with Crippen LogP contribution in [0.3, 0.4) is 0 Å². The average molecular weight is 273 g/mol. The Hall–Kier alpha value is -1.84. The molecule has 20 heavy (non-hydrogen) atoms. The largest absolute Gasteiger partial charge is 0.491 e. The van der Waals surface area contributed by atoms with Crippen molar-refractivity contribution in [3.63, 3.8) is 0 Å². The first-order valence-corrected chi connectivity index (χ1v) is 7.30. The lowest BCUT2D eigenvalue weighted by Crippen LogP contribution is -2.32. The van der Waals surface area contributed by atoms with Crippen molar-refractivity contribution in [1.29, 1.82) is 0 Å². The number of amides is 1. The van der Waals surface area contributed by atoms with Gasteiger partial charge in [0.1, 0.15) is 11.5 Å². The van der Waals surface area contributed by atoms with Crippen LogP contribution in [0.15, 0.2) is 24.3 Å². The van der Waals surface area contributed by atoms with E-state index in [4.69, 9.17) is 4.74 Å². The predicted molar refractivity (Wildman–Crippen MR) is 75.9 cm³/mol. The summed E-state index contributed by atoms with van der Waals surface area (Å²) in [6.45, 7) is 1.03. The van der Waals surface area contributed by atoms with Crippen LogP contribution in [0.2, 0.25) is 0 Å². The zero-order chi connectivity index (χ0) is 13.9. The maximum atomic E-state index is 12.2. The maximum absolute atomic E-state index is 12.2. The molecule has 106 valence electrons. The molecule has 1 heterocycles. The van der Waals surface area contributed by atoms with E-state index in [0.29, 0.717) is 31.8 Å². The molecule has 0 spiro atoms. The molecule has 1 aromatic carbocycles. The molecular formula is C16H19NO3. The van der Waals surface area contributed by atoms with E-state index in [-0.39, 0.29) is 11.8 Å².